The van der Waals surface area contributed by atoms with Gasteiger partial charge in [0.15, 0.2) is 11.5 Å². The summed E-state index contributed by atoms with van der Waals surface area (Å²) in [6.45, 7) is 3.15. The maximum Gasteiger partial charge on any atom is 0.161 e. The van der Waals surface area contributed by atoms with Crippen LogP contribution in [0.2, 0.25) is 0 Å². The summed E-state index contributed by atoms with van der Waals surface area (Å²) in [5.74, 6) is 2.06. The van der Waals surface area contributed by atoms with E-state index in [4.69, 9.17) is 9.47 Å². The zero-order chi connectivity index (χ0) is 16.0. The molecular formula is C20H24ClNO2. The lowest BCUT2D eigenvalue weighted by molar-refractivity contribution is 0.349. The van der Waals surface area contributed by atoms with Crippen molar-refractivity contribution < 1.29 is 9.47 Å². The molecule has 2 aromatic rings. The molecule has 0 fully saturated rings. The number of aryl methyl sites for hydroxylation is 2. The van der Waals surface area contributed by atoms with Gasteiger partial charge in [0.25, 0.3) is 0 Å². The number of nitrogens with one attached hydrogen (secondary N) is 1. The van der Waals surface area contributed by atoms with Gasteiger partial charge in [-0.15, -0.1) is 12.4 Å². The van der Waals surface area contributed by atoms with Crippen LogP contribution in [0.3, 0.4) is 0 Å². The molecule has 24 heavy (non-hydrogen) atoms. The van der Waals surface area contributed by atoms with Gasteiger partial charge in [0.2, 0.25) is 0 Å². The zero-order valence-electron chi connectivity index (χ0n) is 14.4. The second-order valence-corrected chi connectivity index (χ2v) is 6.61. The van der Waals surface area contributed by atoms with E-state index in [1.54, 1.807) is 14.2 Å². The highest BCUT2D eigenvalue weighted by Gasteiger charge is 2.35. The van der Waals surface area contributed by atoms with Gasteiger partial charge in [0.1, 0.15) is 0 Å². The van der Waals surface area contributed by atoms with E-state index in [0.717, 1.165) is 24.5 Å². The third-order valence-corrected chi connectivity index (χ3v) is 5.30. The summed E-state index contributed by atoms with van der Waals surface area (Å²) in [5, 5.41) is 3.73. The summed E-state index contributed by atoms with van der Waals surface area (Å²) >= 11 is 0. The number of benzene rings is 2. The van der Waals surface area contributed by atoms with Gasteiger partial charge >= 0.3 is 0 Å². The van der Waals surface area contributed by atoms with Crippen LogP contribution in [0.25, 0.3) is 0 Å². The molecule has 1 aliphatic carbocycles. The highest BCUT2D eigenvalue weighted by atomic mass is 35.5. The molecule has 4 heteroatoms. The van der Waals surface area contributed by atoms with Gasteiger partial charge in [0, 0.05) is 18.5 Å². The fourth-order valence-corrected chi connectivity index (χ4v) is 4.15. The summed E-state index contributed by atoms with van der Waals surface area (Å²) in [6, 6.07) is 11.7. The summed E-state index contributed by atoms with van der Waals surface area (Å²) in [4.78, 5) is 0. The highest BCUT2D eigenvalue weighted by Crippen LogP contribution is 2.44. The van der Waals surface area contributed by atoms with E-state index in [0.29, 0.717) is 12.0 Å². The first-order valence-electron chi connectivity index (χ1n) is 8.29. The van der Waals surface area contributed by atoms with Crippen molar-refractivity contribution in [3.05, 3.63) is 58.1 Å². The van der Waals surface area contributed by atoms with Crippen LogP contribution in [0.4, 0.5) is 0 Å². The molecule has 0 radical (unpaired) electrons. The Labute approximate surface area is 149 Å². The molecule has 4 rings (SSSR count). The molecule has 2 aliphatic rings. The van der Waals surface area contributed by atoms with Crippen molar-refractivity contribution in [2.24, 2.45) is 0 Å². The van der Waals surface area contributed by atoms with Crippen LogP contribution in [-0.4, -0.2) is 20.3 Å². The van der Waals surface area contributed by atoms with Gasteiger partial charge in [-0.2, -0.15) is 0 Å². The van der Waals surface area contributed by atoms with Gasteiger partial charge in [-0.3, -0.25) is 0 Å². The molecule has 2 aromatic carbocycles. The van der Waals surface area contributed by atoms with E-state index in [1.807, 2.05) is 0 Å². The molecule has 0 aromatic heterocycles. The number of halogens is 1. The minimum atomic E-state index is 0. The molecule has 0 spiro atoms. The van der Waals surface area contributed by atoms with E-state index < -0.39 is 0 Å². The van der Waals surface area contributed by atoms with E-state index in [9.17, 15) is 0 Å². The van der Waals surface area contributed by atoms with Crippen LogP contribution < -0.4 is 14.8 Å². The second-order valence-electron chi connectivity index (χ2n) is 6.61. The molecule has 0 amide bonds. The average Bonchev–Trinajstić information content (AvgIpc) is 2.59. The molecule has 1 N–H and O–H groups in total. The van der Waals surface area contributed by atoms with Gasteiger partial charge in [0.05, 0.1) is 14.2 Å². The second kappa shape index (κ2) is 6.66. The van der Waals surface area contributed by atoms with Crippen molar-refractivity contribution in [1.29, 1.82) is 0 Å². The quantitative estimate of drug-likeness (QED) is 0.893. The third kappa shape index (κ3) is 2.66. The summed E-state index contributed by atoms with van der Waals surface area (Å²) in [7, 11) is 3.42. The number of hydrogen-bond acceptors (Lipinski definition) is 3. The zero-order valence-corrected chi connectivity index (χ0v) is 15.2. The Hall–Kier alpha value is -1.71. The minimum Gasteiger partial charge on any atom is -0.493 e. The molecule has 0 saturated carbocycles. The van der Waals surface area contributed by atoms with Crippen LogP contribution in [0.15, 0.2) is 30.3 Å². The van der Waals surface area contributed by atoms with Crippen molar-refractivity contribution in [3.63, 3.8) is 0 Å². The maximum atomic E-state index is 5.55. The number of rotatable bonds is 2. The van der Waals surface area contributed by atoms with Crippen molar-refractivity contribution in [2.45, 2.75) is 38.3 Å². The van der Waals surface area contributed by atoms with Crippen molar-refractivity contribution in [3.8, 4) is 11.5 Å². The number of hydrogen-bond donors (Lipinski definition) is 1. The lowest BCUT2D eigenvalue weighted by Gasteiger charge is -2.40. The molecule has 0 saturated heterocycles. The molecule has 0 unspecified atom stereocenters. The SMILES string of the molecule is COc1cc2c(cc1OC)[C@H]1c3cc(C)ccc3CN[C@@H]1CC2.Cl. The summed E-state index contributed by atoms with van der Waals surface area (Å²) < 4.78 is 11.0. The van der Waals surface area contributed by atoms with E-state index in [-0.39, 0.29) is 12.4 Å². The van der Waals surface area contributed by atoms with E-state index in [2.05, 4.69) is 42.6 Å². The maximum absolute atomic E-state index is 5.55. The lowest BCUT2D eigenvalue weighted by Crippen LogP contribution is -2.42. The Kier molecular flexibility index (Phi) is 4.75. The van der Waals surface area contributed by atoms with Crippen LogP contribution in [0.5, 0.6) is 11.5 Å². The molecule has 2 atom stereocenters. The Morgan fingerprint density at radius 1 is 0.958 bits per heavy atom. The van der Waals surface area contributed by atoms with E-state index in [1.165, 1.54) is 34.2 Å². The Morgan fingerprint density at radius 2 is 1.67 bits per heavy atom. The van der Waals surface area contributed by atoms with E-state index >= 15 is 0 Å². The third-order valence-electron chi connectivity index (χ3n) is 5.30. The smallest absolute Gasteiger partial charge is 0.161 e. The average molecular weight is 346 g/mol. The van der Waals surface area contributed by atoms with Crippen molar-refractivity contribution in [2.75, 3.05) is 14.2 Å². The number of ether oxygens (including phenoxy) is 2. The van der Waals surface area contributed by atoms with Crippen LogP contribution >= 0.6 is 12.4 Å². The van der Waals surface area contributed by atoms with Gasteiger partial charge < -0.3 is 14.8 Å². The standard InChI is InChI=1S/C20H23NO2.ClH/c1-12-4-5-14-11-21-17-7-6-13-9-18(22-2)19(23-3)10-16(13)20(17)15(14)8-12;/h4-5,8-10,17,20-21H,6-7,11H2,1-3H3;1H/t17-,20-;/m1./s1. The minimum absolute atomic E-state index is 0. The first-order chi connectivity index (χ1) is 11.2. The normalized spacial score (nSPS) is 21.0. The Balaban J connectivity index is 0.00000169. The predicted molar refractivity (Wildman–Crippen MR) is 98.8 cm³/mol. The Morgan fingerprint density at radius 3 is 2.42 bits per heavy atom. The highest BCUT2D eigenvalue weighted by molar-refractivity contribution is 5.85. The fourth-order valence-electron chi connectivity index (χ4n) is 4.15. The molecule has 3 nitrogen and oxygen atoms in total. The molecule has 128 valence electrons. The molecular weight excluding hydrogens is 322 g/mol. The Bertz CT molecular complexity index is 760. The molecule has 0 bridgehead atoms. The first kappa shape index (κ1) is 17.1. The van der Waals surface area contributed by atoms with Gasteiger partial charge in [-0.25, -0.2) is 0 Å². The topological polar surface area (TPSA) is 30.5 Å². The summed E-state index contributed by atoms with van der Waals surface area (Å²) in [6.07, 6.45) is 2.26. The fraction of sp³-hybridized carbons (Fsp3) is 0.400. The molecule has 1 heterocycles. The van der Waals surface area contributed by atoms with Gasteiger partial charge in [-0.05, 0) is 54.2 Å². The monoisotopic (exact) mass is 345 g/mol. The first-order valence-corrected chi connectivity index (χ1v) is 8.29. The van der Waals surface area contributed by atoms with Crippen LogP contribution in [-0.2, 0) is 13.0 Å². The van der Waals surface area contributed by atoms with Crippen LogP contribution in [0.1, 0.15) is 40.2 Å². The van der Waals surface area contributed by atoms with Crippen molar-refractivity contribution in [1.82, 2.24) is 5.32 Å². The predicted octanol–water partition coefficient (Wildman–Crippen LogP) is 3.98. The number of fused-ring (bicyclic) bond motifs is 5. The van der Waals surface area contributed by atoms with Crippen molar-refractivity contribution >= 4 is 12.4 Å². The van der Waals surface area contributed by atoms with Crippen LogP contribution in [0, 0.1) is 6.92 Å². The lowest BCUT2D eigenvalue weighted by atomic mass is 9.72. The van der Waals surface area contributed by atoms with Gasteiger partial charge in [-0.1, -0.05) is 23.8 Å². The largest absolute Gasteiger partial charge is 0.493 e. The summed E-state index contributed by atoms with van der Waals surface area (Å²) in [5.41, 5.74) is 7.00. The molecule has 1 aliphatic heterocycles. The number of methoxy groups -OCH3 is 2.